The Hall–Kier alpha value is -3.88. The number of hydrogen-bond acceptors (Lipinski definition) is 8. The molecule has 9 nitrogen and oxygen atoms in total. The third-order valence-corrected chi connectivity index (χ3v) is 6.63. The van der Waals surface area contributed by atoms with E-state index < -0.39 is 0 Å². The van der Waals surface area contributed by atoms with Crippen molar-refractivity contribution in [3.8, 4) is 11.4 Å². The lowest BCUT2D eigenvalue weighted by Crippen LogP contribution is -2.22. The number of pyridine rings is 2. The molecule has 0 saturated heterocycles. The highest BCUT2D eigenvalue weighted by molar-refractivity contribution is 5.87. The molecule has 34 heavy (non-hydrogen) atoms. The van der Waals surface area contributed by atoms with Gasteiger partial charge in [0.1, 0.15) is 11.6 Å². The number of nitrogens with one attached hydrogen (secondary N) is 2. The molecule has 0 amide bonds. The van der Waals surface area contributed by atoms with E-state index in [1.54, 1.807) is 30.1 Å². The third kappa shape index (κ3) is 3.98. The second kappa shape index (κ2) is 8.48. The van der Waals surface area contributed by atoms with Crippen LogP contribution in [0.4, 0.5) is 11.8 Å². The topological polar surface area (TPSA) is 107 Å². The Kier molecular flexibility index (Phi) is 5.16. The Labute approximate surface area is 196 Å². The summed E-state index contributed by atoms with van der Waals surface area (Å²) in [4.78, 5) is 22.1. The first-order valence-electron chi connectivity index (χ1n) is 11.7. The molecule has 4 aromatic rings. The molecule has 3 aromatic heterocycles. The molecular weight excluding hydrogens is 432 g/mol. The lowest BCUT2D eigenvalue weighted by atomic mass is 10.1. The molecular formula is C25H26N6O3. The maximum absolute atomic E-state index is 13.1. The van der Waals surface area contributed by atoms with E-state index in [9.17, 15) is 4.79 Å². The average Bonchev–Trinajstić information content (AvgIpc) is 3.46. The van der Waals surface area contributed by atoms with Crippen molar-refractivity contribution >= 4 is 22.5 Å². The Morgan fingerprint density at radius 3 is 2.68 bits per heavy atom. The van der Waals surface area contributed by atoms with Gasteiger partial charge in [-0.25, -0.2) is 4.98 Å². The Bertz CT molecular complexity index is 1380. The Balaban J connectivity index is 1.12. The van der Waals surface area contributed by atoms with Gasteiger partial charge in [-0.3, -0.25) is 9.36 Å². The lowest BCUT2D eigenvalue weighted by molar-refractivity contribution is 0.379. The van der Waals surface area contributed by atoms with Gasteiger partial charge in [-0.2, -0.15) is 4.98 Å². The molecule has 3 heterocycles. The van der Waals surface area contributed by atoms with Crippen molar-refractivity contribution < 1.29 is 9.26 Å². The number of rotatable bonds is 7. The summed E-state index contributed by atoms with van der Waals surface area (Å²) in [6.07, 6.45) is 8.78. The number of ether oxygens (including phenoxy) is 1. The molecule has 0 spiro atoms. The molecule has 2 atom stereocenters. The summed E-state index contributed by atoms with van der Waals surface area (Å²) in [5.41, 5.74) is 0.575. The predicted molar refractivity (Wildman–Crippen MR) is 129 cm³/mol. The molecule has 0 aliphatic heterocycles. The van der Waals surface area contributed by atoms with E-state index in [1.165, 1.54) is 0 Å². The van der Waals surface area contributed by atoms with Crippen LogP contribution in [0.2, 0.25) is 0 Å². The average molecular weight is 459 g/mol. The second-order valence-electron chi connectivity index (χ2n) is 9.04. The van der Waals surface area contributed by atoms with Crippen LogP contribution in [0.15, 0.2) is 58.1 Å². The van der Waals surface area contributed by atoms with Gasteiger partial charge in [0.2, 0.25) is 5.89 Å². The van der Waals surface area contributed by atoms with Crippen molar-refractivity contribution in [1.29, 1.82) is 0 Å². The van der Waals surface area contributed by atoms with Crippen LogP contribution in [-0.2, 0) is 0 Å². The van der Waals surface area contributed by atoms with Gasteiger partial charge in [0, 0.05) is 24.2 Å². The van der Waals surface area contributed by atoms with Gasteiger partial charge in [-0.1, -0.05) is 12.1 Å². The van der Waals surface area contributed by atoms with Crippen molar-refractivity contribution in [2.45, 2.75) is 50.1 Å². The minimum atomic E-state index is -0.131. The highest BCUT2D eigenvalue weighted by atomic mass is 16.5. The molecule has 0 unspecified atom stereocenters. The molecule has 1 aromatic carbocycles. The van der Waals surface area contributed by atoms with Crippen LogP contribution >= 0.6 is 0 Å². The molecule has 2 aliphatic rings. The van der Waals surface area contributed by atoms with Crippen LogP contribution < -0.4 is 20.9 Å². The minimum Gasteiger partial charge on any atom is -0.496 e. The van der Waals surface area contributed by atoms with E-state index >= 15 is 0 Å². The first kappa shape index (κ1) is 20.7. The zero-order valence-electron chi connectivity index (χ0n) is 18.9. The minimum absolute atomic E-state index is 0.131. The predicted octanol–water partition coefficient (Wildman–Crippen LogP) is 4.10. The maximum Gasteiger partial charge on any atom is 0.266 e. The normalized spacial score (nSPS) is 19.9. The molecule has 2 saturated carbocycles. The summed E-state index contributed by atoms with van der Waals surface area (Å²) < 4.78 is 12.3. The highest BCUT2D eigenvalue weighted by Crippen LogP contribution is 2.39. The van der Waals surface area contributed by atoms with Crippen LogP contribution in [-0.4, -0.2) is 38.9 Å². The molecule has 174 valence electrons. The summed E-state index contributed by atoms with van der Waals surface area (Å²) in [6.45, 7) is 0. The van der Waals surface area contributed by atoms with Gasteiger partial charge >= 0.3 is 0 Å². The van der Waals surface area contributed by atoms with Gasteiger partial charge in [-0.15, -0.1) is 0 Å². The van der Waals surface area contributed by atoms with Crippen LogP contribution in [0, 0.1) is 0 Å². The summed E-state index contributed by atoms with van der Waals surface area (Å²) in [6, 6.07) is 11.9. The van der Waals surface area contributed by atoms with Gasteiger partial charge in [0.15, 0.2) is 0 Å². The first-order chi connectivity index (χ1) is 16.7. The summed E-state index contributed by atoms with van der Waals surface area (Å²) in [5, 5.41) is 12.4. The molecule has 0 bridgehead atoms. The molecule has 2 aliphatic carbocycles. The maximum atomic E-state index is 13.1. The molecule has 2 N–H and O–H groups in total. The van der Waals surface area contributed by atoms with Crippen molar-refractivity contribution in [3.63, 3.8) is 0 Å². The molecule has 2 fully saturated rings. The van der Waals surface area contributed by atoms with Crippen LogP contribution in [0.3, 0.4) is 0 Å². The second-order valence-corrected chi connectivity index (χ2v) is 9.04. The zero-order valence-corrected chi connectivity index (χ0v) is 18.9. The van der Waals surface area contributed by atoms with Crippen molar-refractivity contribution in [1.82, 2.24) is 19.7 Å². The number of hydrogen-bond donors (Lipinski definition) is 2. The van der Waals surface area contributed by atoms with E-state index in [0.717, 1.165) is 49.2 Å². The van der Waals surface area contributed by atoms with E-state index in [-0.39, 0.29) is 5.56 Å². The summed E-state index contributed by atoms with van der Waals surface area (Å²) >= 11 is 0. The lowest BCUT2D eigenvalue weighted by Gasteiger charge is -2.15. The zero-order chi connectivity index (χ0) is 23.1. The fraction of sp³-hybridized carbons (Fsp3) is 0.360. The smallest absolute Gasteiger partial charge is 0.266 e. The molecule has 9 heteroatoms. The van der Waals surface area contributed by atoms with Crippen molar-refractivity contribution in [2.75, 3.05) is 17.7 Å². The fourth-order valence-electron chi connectivity index (χ4n) is 4.67. The van der Waals surface area contributed by atoms with E-state index in [2.05, 4.69) is 25.8 Å². The number of nitrogens with zero attached hydrogens (tertiary/aromatic N) is 4. The highest BCUT2D eigenvalue weighted by Gasteiger charge is 2.31. The van der Waals surface area contributed by atoms with Gasteiger partial charge in [0.25, 0.3) is 11.5 Å². The summed E-state index contributed by atoms with van der Waals surface area (Å²) in [5.74, 6) is 3.16. The number of fused-ring (bicyclic) bond motifs is 1. The van der Waals surface area contributed by atoms with E-state index in [4.69, 9.17) is 9.26 Å². The number of anilines is 2. The van der Waals surface area contributed by atoms with Crippen LogP contribution in [0.5, 0.6) is 5.75 Å². The van der Waals surface area contributed by atoms with Gasteiger partial charge in [0.05, 0.1) is 24.4 Å². The summed E-state index contributed by atoms with van der Waals surface area (Å²) in [7, 11) is 1.57. The largest absolute Gasteiger partial charge is 0.496 e. The number of aromatic nitrogens is 4. The standard InChI is InChI=1S/C25H26N6O3/c1-33-20-4-2-3-15-11-12-31(24(32)22(15)20)19-9-10-21(26-14-19)27-17-7-8-18(13-17)28-25-29-23(34-30-25)16-5-6-16/h2-4,9-12,14,16-18H,5-8,13H2,1H3,(H,26,27)(H,28,30)/t17-,18-/m0/s1. The number of benzene rings is 1. The molecule has 6 rings (SSSR count). The van der Waals surface area contributed by atoms with Crippen LogP contribution in [0.1, 0.15) is 43.9 Å². The molecule has 0 radical (unpaired) electrons. The first-order valence-corrected chi connectivity index (χ1v) is 11.7. The van der Waals surface area contributed by atoms with Crippen molar-refractivity contribution in [2.24, 2.45) is 0 Å². The van der Waals surface area contributed by atoms with Crippen molar-refractivity contribution in [3.05, 3.63) is 65.0 Å². The van der Waals surface area contributed by atoms with Gasteiger partial charge < -0.3 is 19.9 Å². The van der Waals surface area contributed by atoms with Gasteiger partial charge in [-0.05, 0) is 66.9 Å². The van der Waals surface area contributed by atoms with E-state index in [0.29, 0.717) is 40.8 Å². The van der Waals surface area contributed by atoms with Crippen LogP contribution in [0.25, 0.3) is 16.5 Å². The Morgan fingerprint density at radius 2 is 1.91 bits per heavy atom. The number of methoxy groups -OCH3 is 1. The monoisotopic (exact) mass is 458 g/mol. The Morgan fingerprint density at radius 1 is 1.06 bits per heavy atom. The quantitative estimate of drug-likeness (QED) is 0.426. The fourth-order valence-corrected chi connectivity index (χ4v) is 4.67. The third-order valence-electron chi connectivity index (χ3n) is 6.63. The SMILES string of the molecule is COc1cccc2ccn(-c3ccc(N[C@H]4CC[C@H](Nc5noc(C6CC6)n5)C4)nc3)c(=O)c12. The van der Waals surface area contributed by atoms with E-state index in [1.807, 2.05) is 30.3 Å².